The van der Waals surface area contributed by atoms with Gasteiger partial charge in [0.1, 0.15) is 5.82 Å². The lowest BCUT2D eigenvalue weighted by Crippen LogP contribution is -2.40. The Kier molecular flexibility index (Phi) is 4.46. The van der Waals surface area contributed by atoms with E-state index in [9.17, 15) is 14.0 Å². The van der Waals surface area contributed by atoms with Gasteiger partial charge in [0.05, 0.1) is 18.8 Å². The molecular formula is C13H16FN3O2. The molecule has 1 aromatic rings. The number of halogens is 1. The first kappa shape index (κ1) is 13.5. The van der Waals surface area contributed by atoms with E-state index in [0.29, 0.717) is 6.54 Å². The van der Waals surface area contributed by atoms with E-state index >= 15 is 0 Å². The number of nitrogens with one attached hydrogen (secondary N) is 2. The van der Waals surface area contributed by atoms with Crippen molar-refractivity contribution in [2.24, 2.45) is 0 Å². The number of benzene rings is 1. The Labute approximate surface area is 110 Å². The maximum Gasteiger partial charge on any atom is 0.244 e. The second-order valence-electron chi connectivity index (χ2n) is 4.37. The summed E-state index contributed by atoms with van der Waals surface area (Å²) in [5.41, 5.74) is 0.132. The molecule has 102 valence electrons. The maximum absolute atomic E-state index is 13.4. The van der Waals surface area contributed by atoms with E-state index in [1.54, 1.807) is 12.1 Å². The normalized spacial score (nSPS) is 16.1. The Morgan fingerprint density at radius 3 is 3.00 bits per heavy atom. The van der Waals surface area contributed by atoms with Crippen LogP contribution in [0.2, 0.25) is 0 Å². The number of rotatable bonds is 3. The third kappa shape index (κ3) is 3.75. The van der Waals surface area contributed by atoms with Gasteiger partial charge in [-0.05, 0) is 25.1 Å². The maximum atomic E-state index is 13.4. The molecule has 1 saturated heterocycles. The quantitative estimate of drug-likeness (QED) is 0.840. The third-order valence-electron chi connectivity index (χ3n) is 2.89. The first-order valence-corrected chi connectivity index (χ1v) is 6.19. The van der Waals surface area contributed by atoms with Crippen LogP contribution >= 0.6 is 0 Å². The van der Waals surface area contributed by atoms with Crippen molar-refractivity contribution >= 4 is 17.5 Å². The first-order chi connectivity index (χ1) is 9.16. The van der Waals surface area contributed by atoms with Crippen LogP contribution in [0.4, 0.5) is 10.1 Å². The fourth-order valence-corrected chi connectivity index (χ4v) is 1.92. The fourth-order valence-electron chi connectivity index (χ4n) is 1.92. The van der Waals surface area contributed by atoms with Crippen molar-refractivity contribution in [2.45, 2.75) is 6.42 Å². The summed E-state index contributed by atoms with van der Waals surface area (Å²) in [4.78, 5) is 25.0. The Morgan fingerprint density at radius 2 is 2.21 bits per heavy atom. The molecule has 19 heavy (non-hydrogen) atoms. The fraction of sp³-hybridized carbons (Fsp3) is 0.385. The van der Waals surface area contributed by atoms with Crippen molar-refractivity contribution in [1.29, 1.82) is 0 Å². The second-order valence-corrected chi connectivity index (χ2v) is 4.37. The smallest absolute Gasteiger partial charge is 0.244 e. The first-order valence-electron chi connectivity index (χ1n) is 6.19. The van der Waals surface area contributed by atoms with Crippen LogP contribution < -0.4 is 10.6 Å². The van der Waals surface area contributed by atoms with Crippen LogP contribution in [-0.2, 0) is 9.59 Å². The number of nitrogens with zero attached hydrogens (tertiary/aromatic N) is 1. The van der Waals surface area contributed by atoms with Gasteiger partial charge >= 0.3 is 0 Å². The summed E-state index contributed by atoms with van der Waals surface area (Å²) in [6.45, 7) is 1.50. The molecule has 0 atom stereocenters. The largest absolute Gasteiger partial charge is 0.332 e. The lowest BCUT2D eigenvalue weighted by atomic mass is 10.3. The Balaban J connectivity index is 1.93. The monoisotopic (exact) mass is 265 g/mol. The predicted molar refractivity (Wildman–Crippen MR) is 69.1 cm³/mol. The minimum atomic E-state index is -0.486. The van der Waals surface area contributed by atoms with Gasteiger partial charge < -0.3 is 15.5 Å². The number of carbonyl (C=O) groups excluding carboxylic acids is 2. The van der Waals surface area contributed by atoms with Gasteiger partial charge in [0.2, 0.25) is 11.8 Å². The Hall–Kier alpha value is -1.95. The van der Waals surface area contributed by atoms with Crippen molar-refractivity contribution in [1.82, 2.24) is 10.2 Å². The van der Waals surface area contributed by atoms with Crippen molar-refractivity contribution in [3.8, 4) is 0 Å². The van der Waals surface area contributed by atoms with Crippen LogP contribution in [0.1, 0.15) is 6.42 Å². The summed E-state index contributed by atoms with van der Waals surface area (Å²) in [5.74, 6) is -0.985. The molecule has 5 nitrogen and oxygen atoms in total. The summed E-state index contributed by atoms with van der Waals surface area (Å²) in [7, 11) is 0. The lowest BCUT2D eigenvalue weighted by Gasteiger charge is -2.19. The zero-order valence-electron chi connectivity index (χ0n) is 10.5. The number of anilines is 1. The average Bonchev–Trinajstić information content (AvgIpc) is 2.58. The standard InChI is InChI=1S/C13H16FN3O2/c14-10-4-1-2-5-11(10)16-12(18)9-17-7-3-6-15-8-13(17)19/h1-2,4-5,15H,3,6-9H2,(H,16,18). The van der Waals surface area contributed by atoms with Crippen LogP contribution in [0.15, 0.2) is 24.3 Å². The van der Waals surface area contributed by atoms with Crippen LogP contribution in [0.5, 0.6) is 0 Å². The summed E-state index contributed by atoms with van der Waals surface area (Å²) < 4.78 is 13.4. The highest BCUT2D eigenvalue weighted by Crippen LogP contribution is 2.12. The van der Waals surface area contributed by atoms with Gasteiger partial charge in [-0.3, -0.25) is 9.59 Å². The molecule has 1 aliphatic heterocycles. The second kappa shape index (κ2) is 6.29. The number of hydrogen-bond donors (Lipinski definition) is 2. The molecule has 1 aliphatic rings. The average molecular weight is 265 g/mol. The molecule has 2 amide bonds. The van der Waals surface area contributed by atoms with E-state index in [1.165, 1.54) is 17.0 Å². The highest BCUT2D eigenvalue weighted by atomic mass is 19.1. The van der Waals surface area contributed by atoms with Gasteiger partial charge in [-0.2, -0.15) is 0 Å². The van der Waals surface area contributed by atoms with Gasteiger partial charge in [-0.15, -0.1) is 0 Å². The Bertz CT molecular complexity index is 479. The number of para-hydroxylation sites is 1. The molecule has 0 aromatic heterocycles. The van der Waals surface area contributed by atoms with Gasteiger partial charge in [0.25, 0.3) is 0 Å². The summed E-state index contributed by atoms with van der Waals surface area (Å²) in [6, 6.07) is 5.95. The highest BCUT2D eigenvalue weighted by molar-refractivity contribution is 5.94. The molecule has 0 saturated carbocycles. The zero-order chi connectivity index (χ0) is 13.7. The van der Waals surface area contributed by atoms with Crippen LogP contribution in [0.25, 0.3) is 0 Å². The van der Waals surface area contributed by atoms with E-state index in [4.69, 9.17) is 0 Å². The summed E-state index contributed by atoms with van der Waals surface area (Å²) >= 11 is 0. The summed E-state index contributed by atoms with van der Waals surface area (Å²) in [6.07, 6.45) is 0.804. The predicted octanol–water partition coefficient (Wildman–Crippen LogP) is 0.586. The topological polar surface area (TPSA) is 61.4 Å². The molecule has 0 bridgehead atoms. The third-order valence-corrected chi connectivity index (χ3v) is 2.89. The van der Waals surface area contributed by atoms with Gasteiger partial charge in [0.15, 0.2) is 0 Å². The lowest BCUT2D eigenvalue weighted by molar-refractivity contribution is -0.133. The molecule has 0 spiro atoms. The number of carbonyl (C=O) groups is 2. The van der Waals surface area contributed by atoms with Crippen molar-refractivity contribution < 1.29 is 14.0 Å². The van der Waals surface area contributed by atoms with E-state index in [-0.39, 0.29) is 30.6 Å². The van der Waals surface area contributed by atoms with Gasteiger partial charge in [-0.25, -0.2) is 4.39 Å². The van der Waals surface area contributed by atoms with Crippen LogP contribution in [0, 0.1) is 5.82 Å². The molecule has 0 unspecified atom stereocenters. The molecule has 1 fully saturated rings. The molecule has 6 heteroatoms. The molecule has 2 rings (SSSR count). The van der Waals surface area contributed by atoms with Gasteiger partial charge in [-0.1, -0.05) is 12.1 Å². The van der Waals surface area contributed by atoms with E-state index in [1.807, 2.05) is 0 Å². The van der Waals surface area contributed by atoms with Crippen LogP contribution in [-0.4, -0.2) is 42.9 Å². The summed E-state index contributed by atoms with van der Waals surface area (Å²) in [5, 5.41) is 5.45. The van der Waals surface area contributed by atoms with E-state index < -0.39 is 5.82 Å². The SMILES string of the molecule is O=C(CN1CCCNCC1=O)Nc1ccccc1F. The molecular weight excluding hydrogens is 249 g/mol. The number of hydrogen-bond acceptors (Lipinski definition) is 3. The number of amides is 2. The molecule has 1 aromatic carbocycles. The minimum Gasteiger partial charge on any atom is -0.332 e. The Morgan fingerprint density at radius 1 is 1.42 bits per heavy atom. The van der Waals surface area contributed by atoms with Crippen molar-refractivity contribution in [3.05, 3.63) is 30.1 Å². The minimum absolute atomic E-state index is 0.0468. The van der Waals surface area contributed by atoms with E-state index in [2.05, 4.69) is 10.6 Å². The zero-order valence-corrected chi connectivity index (χ0v) is 10.5. The van der Waals surface area contributed by atoms with Crippen LogP contribution in [0.3, 0.4) is 0 Å². The molecule has 2 N–H and O–H groups in total. The van der Waals surface area contributed by atoms with Crippen molar-refractivity contribution in [2.75, 3.05) is 31.5 Å². The van der Waals surface area contributed by atoms with E-state index in [0.717, 1.165) is 13.0 Å². The molecule has 1 heterocycles. The highest BCUT2D eigenvalue weighted by Gasteiger charge is 2.19. The van der Waals surface area contributed by atoms with Crippen molar-refractivity contribution in [3.63, 3.8) is 0 Å². The molecule has 0 aliphatic carbocycles. The molecule has 0 radical (unpaired) electrons. The van der Waals surface area contributed by atoms with Gasteiger partial charge in [0, 0.05) is 6.54 Å².